The van der Waals surface area contributed by atoms with Crippen LogP contribution in [0, 0.1) is 11.3 Å². The Hall–Kier alpha value is -1.20. The van der Waals surface area contributed by atoms with Crippen LogP contribution >= 0.6 is 11.6 Å². The normalized spacial score (nSPS) is 11.8. The summed E-state index contributed by atoms with van der Waals surface area (Å²) in [6.07, 6.45) is -0.441. The number of ether oxygens (including phenoxy) is 1. The zero-order valence-corrected chi connectivity index (χ0v) is 7.38. The molecule has 0 saturated heterocycles. The number of halogens is 1. The van der Waals surface area contributed by atoms with Crippen LogP contribution in [0.5, 0.6) is 5.75 Å². The Morgan fingerprint density at radius 1 is 1.58 bits per heavy atom. The number of hydrogen-bond acceptors (Lipinski definition) is 2. The monoisotopic (exact) mass is 181 g/mol. The molecule has 0 heterocycles. The van der Waals surface area contributed by atoms with Gasteiger partial charge in [-0.05, 0) is 25.1 Å². The summed E-state index contributed by atoms with van der Waals surface area (Å²) in [6.45, 7) is 1.68. The van der Waals surface area contributed by atoms with Crippen molar-refractivity contribution < 1.29 is 4.74 Å². The molecule has 62 valence electrons. The van der Waals surface area contributed by atoms with E-state index >= 15 is 0 Å². The number of nitriles is 1. The van der Waals surface area contributed by atoms with E-state index in [-0.39, 0.29) is 0 Å². The summed E-state index contributed by atoms with van der Waals surface area (Å²) in [5, 5.41) is 9.07. The molecule has 1 rings (SSSR count). The molecule has 0 aliphatic carbocycles. The van der Waals surface area contributed by atoms with Crippen LogP contribution in [0.3, 0.4) is 0 Å². The average molecular weight is 182 g/mol. The van der Waals surface area contributed by atoms with E-state index < -0.39 is 6.10 Å². The second kappa shape index (κ2) is 3.99. The molecule has 2 nitrogen and oxygen atoms in total. The van der Waals surface area contributed by atoms with Crippen molar-refractivity contribution in [3.63, 3.8) is 0 Å². The van der Waals surface area contributed by atoms with Crippen LogP contribution in [-0.4, -0.2) is 6.10 Å². The van der Waals surface area contributed by atoms with Crippen LogP contribution in [0.4, 0.5) is 0 Å². The highest BCUT2D eigenvalue weighted by Crippen LogP contribution is 2.17. The summed E-state index contributed by atoms with van der Waals surface area (Å²) in [5.41, 5.74) is 0. The fraction of sp³-hybridized carbons (Fsp3) is 0.222. The Morgan fingerprint density at radius 2 is 2.33 bits per heavy atom. The predicted octanol–water partition coefficient (Wildman–Crippen LogP) is 2.63. The Bertz CT molecular complexity index is 306. The maximum atomic E-state index is 8.46. The van der Waals surface area contributed by atoms with E-state index in [0.717, 1.165) is 0 Å². The molecule has 0 aromatic heterocycles. The van der Waals surface area contributed by atoms with Gasteiger partial charge < -0.3 is 4.74 Å². The fourth-order valence-electron chi connectivity index (χ4n) is 0.771. The minimum Gasteiger partial charge on any atom is -0.476 e. The Balaban J connectivity index is 2.71. The molecule has 0 amide bonds. The van der Waals surface area contributed by atoms with E-state index in [4.69, 9.17) is 21.6 Å². The average Bonchev–Trinajstić information content (AvgIpc) is 2.04. The number of rotatable bonds is 2. The van der Waals surface area contributed by atoms with Crippen LogP contribution in [0.1, 0.15) is 6.92 Å². The van der Waals surface area contributed by atoms with Crippen molar-refractivity contribution in [3.8, 4) is 11.8 Å². The summed E-state index contributed by atoms with van der Waals surface area (Å²) in [4.78, 5) is 0. The van der Waals surface area contributed by atoms with Crippen LogP contribution in [-0.2, 0) is 0 Å². The van der Waals surface area contributed by atoms with Crippen LogP contribution < -0.4 is 4.74 Å². The molecule has 0 fully saturated rings. The van der Waals surface area contributed by atoms with E-state index in [9.17, 15) is 0 Å². The van der Waals surface area contributed by atoms with Gasteiger partial charge in [-0.2, -0.15) is 5.26 Å². The van der Waals surface area contributed by atoms with Crippen LogP contribution in [0.15, 0.2) is 24.3 Å². The maximum Gasteiger partial charge on any atom is 0.181 e. The zero-order chi connectivity index (χ0) is 8.97. The number of hydrogen-bond donors (Lipinski definition) is 0. The van der Waals surface area contributed by atoms with Crippen molar-refractivity contribution in [2.45, 2.75) is 13.0 Å². The van der Waals surface area contributed by atoms with Gasteiger partial charge in [-0.1, -0.05) is 17.7 Å². The standard InChI is InChI=1S/C9H8ClNO/c1-7(6-11)12-9-4-2-3-8(10)5-9/h2-5,7H,1H3. The van der Waals surface area contributed by atoms with Gasteiger partial charge in [0, 0.05) is 5.02 Å². The molecule has 1 aromatic carbocycles. The predicted molar refractivity (Wildman–Crippen MR) is 47.2 cm³/mol. The van der Waals surface area contributed by atoms with Gasteiger partial charge in [0.15, 0.2) is 6.10 Å². The molecule has 0 bridgehead atoms. The minimum absolute atomic E-state index is 0.441. The molecule has 0 spiro atoms. The van der Waals surface area contributed by atoms with E-state index in [1.165, 1.54) is 0 Å². The summed E-state index contributed by atoms with van der Waals surface area (Å²) in [6, 6.07) is 8.94. The third-order valence-corrected chi connectivity index (χ3v) is 1.53. The Kier molecular flexibility index (Phi) is 2.95. The molecule has 0 aliphatic rings. The molecule has 3 heteroatoms. The summed E-state index contributed by atoms with van der Waals surface area (Å²) in [7, 11) is 0. The van der Waals surface area contributed by atoms with Gasteiger partial charge in [-0.3, -0.25) is 0 Å². The quantitative estimate of drug-likeness (QED) is 0.703. The molecule has 0 aliphatic heterocycles. The van der Waals surface area contributed by atoms with Crippen molar-refractivity contribution in [3.05, 3.63) is 29.3 Å². The van der Waals surface area contributed by atoms with E-state index in [1.54, 1.807) is 31.2 Å². The minimum atomic E-state index is -0.441. The van der Waals surface area contributed by atoms with Crippen molar-refractivity contribution in [1.29, 1.82) is 5.26 Å². The maximum absolute atomic E-state index is 8.46. The lowest BCUT2D eigenvalue weighted by molar-refractivity contribution is 0.276. The van der Waals surface area contributed by atoms with Gasteiger partial charge in [0.05, 0.1) is 0 Å². The lowest BCUT2D eigenvalue weighted by atomic mass is 10.3. The van der Waals surface area contributed by atoms with Gasteiger partial charge in [0.25, 0.3) is 0 Å². The smallest absolute Gasteiger partial charge is 0.181 e. The summed E-state index contributed by atoms with van der Waals surface area (Å²) < 4.78 is 5.20. The molecule has 1 atom stereocenters. The first-order chi connectivity index (χ1) is 5.72. The topological polar surface area (TPSA) is 33.0 Å². The summed E-state index contributed by atoms with van der Waals surface area (Å²) in [5.74, 6) is 0.622. The first-order valence-electron chi connectivity index (χ1n) is 3.54. The van der Waals surface area contributed by atoms with E-state index in [2.05, 4.69) is 0 Å². The third-order valence-electron chi connectivity index (χ3n) is 1.29. The lowest BCUT2D eigenvalue weighted by Gasteiger charge is -2.06. The Morgan fingerprint density at radius 3 is 2.92 bits per heavy atom. The van der Waals surface area contributed by atoms with Crippen LogP contribution in [0.2, 0.25) is 5.02 Å². The molecule has 1 aromatic rings. The Labute approximate surface area is 76.3 Å². The zero-order valence-electron chi connectivity index (χ0n) is 6.62. The van der Waals surface area contributed by atoms with Crippen molar-refractivity contribution in [1.82, 2.24) is 0 Å². The lowest BCUT2D eigenvalue weighted by Crippen LogP contribution is -2.07. The molecule has 12 heavy (non-hydrogen) atoms. The van der Waals surface area contributed by atoms with E-state index in [0.29, 0.717) is 10.8 Å². The van der Waals surface area contributed by atoms with Gasteiger partial charge in [-0.25, -0.2) is 0 Å². The van der Waals surface area contributed by atoms with E-state index in [1.807, 2.05) is 6.07 Å². The highest BCUT2D eigenvalue weighted by atomic mass is 35.5. The fourth-order valence-corrected chi connectivity index (χ4v) is 0.951. The van der Waals surface area contributed by atoms with Crippen LogP contribution in [0.25, 0.3) is 0 Å². The number of benzene rings is 1. The third kappa shape index (κ3) is 2.44. The summed E-state index contributed by atoms with van der Waals surface area (Å²) >= 11 is 5.71. The first kappa shape index (κ1) is 8.89. The molecular weight excluding hydrogens is 174 g/mol. The molecule has 0 radical (unpaired) electrons. The molecule has 1 unspecified atom stereocenters. The molecular formula is C9H8ClNO. The van der Waals surface area contributed by atoms with Crippen molar-refractivity contribution >= 4 is 11.6 Å². The van der Waals surface area contributed by atoms with Crippen molar-refractivity contribution in [2.24, 2.45) is 0 Å². The largest absolute Gasteiger partial charge is 0.476 e. The first-order valence-corrected chi connectivity index (χ1v) is 3.92. The molecule has 0 N–H and O–H groups in total. The van der Waals surface area contributed by atoms with Gasteiger partial charge in [-0.15, -0.1) is 0 Å². The second-order valence-electron chi connectivity index (χ2n) is 2.35. The van der Waals surface area contributed by atoms with Gasteiger partial charge >= 0.3 is 0 Å². The highest BCUT2D eigenvalue weighted by molar-refractivity contribution is 6.30. The number of nitrogens with zero attached hydrogens (tertiary/aromatic N) is 1. The van der Waals surface area contributed by atoms with Crippen molar-refractivity contribution in [2.75, 3.05) is 0 Å². The second-order valence-corrected chi connectivity index (χ2v) is 2.78. The highest BCUT2D eigenvalue weighted by Gasteiger charge is 2.00. The molecule has 0 saturated carbocycles. The van der Waals surface area contributed by atoms with Gasteiger partial charge in [0.2, 0.25) is 0 Å². The SMILES string of the molecule is CC(C#N)Oc1cccc(Cl)c1. The van der Waals surface area contributed by atoms with Gasteiger partial charge in [0.1, 0.15) is 11.8 Å².